The molecule has 6 fully saturated rings. The Balaban J connectivity index is 1.24. The van der Waals surface area contributed by atoms with Gasteiger partial charge in [0.15, 0.2) is 5.78 Å². The van der Waals surface area contributed by atoms with Crippen LogP contribution < -0.4 is 11.1 Å². The first-order valence-corrected chi connectivity index (χ1v) is 21.5. The quantitative estimate of drug-likeness (QED) is 0.207. The van der Waals surface area contributed by atoms with Crippen molar-refractivity contribution in [3.05, 3.63) is 0 Å². The molecule has 4 aliphatic carbocycles. The van der Waals surface area contributed by atoms with E-state index in [9.17, 15) is 24.0 Å². The van der Waals surface area contributed by atoms with Crippen molar-refractivity contribution in [1.29, 1.82) is 0 Å². The van der Waals surface area contributed by atoms with Crippen molar-refractivity contribution in [1.82, 2.24) is 15.1 Å². The Hall–Kier alpha value is -2.62. The Labute approximate surface area is 324 Å². The second-order valence-corrected chi connectivity index (χ2v) is 20.9. The van der Waals surface area contributed by atoms with Gasteiger partial charge in [-0.05, 0) is 80.5 Å². The summed E-state index contributed by atoms with van der Waals surface area (Å²) >= 11 is 0. The average Bonchev–Trinajstić information content (AvgIpc) is 3.27. The molecule has 6 aliphatic rings. The van der Waals surface area contributed by atoms with Crippen molar-refractivity contribution < 1.29 is 28.8 Å². The van der Waals surface area contributed by atoms with Gasteiger partial charge in [-0.15, -0.1) is 0 Å². The number of carbonyl (C=O) groups excluding carboxylic acids is 6. The molecule has 0 radical (unpaired) electrons. The van der Waals surface area contributed by atoms with Crippen molar-refractivity contribution in [2.24, 2.45) is 57.0 Å². The monoisotopic (exact) mass is 751 g/mol. The summed E-state index contributed by atoms with van der Waals surface area (Å²) in [6.45, 7) is 17.2. The van der Waals surface area contributed by atoms with Crippen LogP contribution in [0.2, 0.25) is 0 Å². The first-order valence-electron chi connectivity index (χ1n) is 21.5. The van der Waals surface area contributed by atoms with Crippen LogP contribution in [-0.2, 0) is 28.8 Å². The van der Waals surface area contributed by atoms with E-state index in [0.717, 1.165) is 77.2 Å². The average molecular weight is 751 g/mol. The van der Waals surface area contributed by atoms with Crippen LogP contribution in [0.5, 0.6) is 0 Å². The number of likely N-dealkylation sites (tertiary alicyclic amines) is 1. The van der Waals surface area contributed by atoms with Crippen molar-refractivity contribution in [2.75, 3.05) is 26.2 Å². The molecule has 0 aromatic rings. The Morgan fingerprint density at radius 2 is 1.46 bits per heavy atom. The highest BCUT2D eigenvalue weighted by Gasteiger charge is 2.85. The minimum absolute atomic E-state index is 0.0231. The van der Waals surface area contributed by atoms with Gasteiger partial charge in [0.05, 0.1) is 6.04 Å². The van der Waals surface area contributed by atoms with E-state index in [1.807, 2.05) is 25.7 Å². The predicted octanol–water partition coefficient (Wildman–Crippen LogP) is 6.02. The highest BCUT2D eigenvalue weighted by Crippen LogP contribution is 2.88. The van der Waals surface area contributed by atoms with E-state index in [1.54, 1.807) is 4.90 Å². The molecular weight excluding hydrogens is 681 g/mol. The maximum atomic E-state index is 15.1. The molecule has 2 saturated heterocycles. The second kappa shape index (κ2) is 15.0. The van der Waals surface area contributed by atoms with Gasteiger partial charge in [0, 0.05) is 74.1 Å². The molecule has 6 rings (SSSR count). The molecule has 0 aromatic carbocycles. The third-order valence-electron chi connectivity index (χ3n) is 16.0. The van der Waals surface area contributed by atoms with Gasteiger partial charge < -0.3 is 20.9 Å². The predicted molar refractivity (Wildman–Crippen MR) is 208 cm³/mol. The van der Waals surface area contributed by atoms with Crippen molar-refractivity contribution in [3.8, 4) is 0 Å². The first kappa shape index (κ1) is 41.0. The minimum atomic E-state index is -1.00. The Morgan fingerprint density at radius 3 is 1.98 bits per heavy atom. The molecule has 1 unspecified atom stereocenters. The SMILES string of the molecule is CC1(C)CN(C(=O)[C@@H](CC(=O)C[C@H](C(=O)N2C[C@]3(C[C@H]2C(=O)CC(CC2CCC2)C(=O)C(N)=O)C(C)(C)C32CCC2)C(C)(C)C)C2CCCCC2)CCN1. The van der Waals surface area contributed by atoms with Crippen molar-refractivity contribution >= 4 is 35.1 Å². The van der Waals surface area contributed by atoms with Crippen LogP contribution in [0, 0.1) is 51.2 Å². The number of carbonyl (C=O) groups is 6. The molecule has 2 spiro atoms. The molecule has 5 atom stereocenters. The normalized spacial score (nSPS) is 29.2. The summed E-state index contributed by atoms with van der Waals surface area (Å²) < 4.78 is 0. The van der Waals surface area contributed by atoms with Crippen molar-refractivity contribution in [3.63, 3.8) is 0 Å². The number of hydrogen-bond donors (Lipinski definition) is 2. The fourth-order valence-corrected chi connectivity index (χ4v) is 12.2. The number of rotatable bonds is 14. The standard InChI is InChI=1S/C44H70N4O6/c1-40(2,3)33(24-31(49)23-32(29-15-9-8-10-16-29)38(53)47-20-19-46-41(4,5)26-47)39(54)48-27-44(42(6,7)43(44)17-12-18-43)25-34(48)35(50)22-30(36(51)37(45)52)21-28-13-11-14-28/h28-30,32-34,46H,8-27H2,1-7H3,(H2,45,52)/t30?,32-,33+,34-,44+/m0/s1. The maximum absolute atomic E-state index is 15.1. The first-order chi connectivity index (χ1) is 25.2. The molecular formula is C44H70N4O6. The van der Waals surface area contributed by atoms with Gasteiger partial charge in [-0.25, -0.2) is 0 Å². The number of primary amides is 1. The lowest BCUT2D eigenvalue weighted by Gasteiger charge is -2.42. The molecule has 54 heavy (non-hydrogen) atoms. The summed E-state index contributed by atoms with van der Waals surface area (Å²) in [5.41, 5.74) is 4.56. The van der Waals surface area contributed by atoms with Crippen LogP contribution in [0.3, 0.4) is 0 Å². The summed E-state index contributed by atoms with van der Waals surface area (Å²) in [5.74, 6) is -3.41. The van der Waals surface area contributed by atoms with Crippen LogP contribution in [0.25, 0.3) is 0 Å². The lowest BCUT2D eigenvalue weighted by atomic mass is 9.73. The number of ketones is 3. The fourth-order valence-electron chi connectivity index (χ4n) is 12.2. The van der Waals surface area contributed by atoms with E-state index in [0.29, 0.717) is 38.4 Å². The van der Waals surface area contributed by atoms with Gasteiger partial charge in [-0.2, -0.15) is 0 Å². The van der Waals surface area contributed by atoms with E-state index < -0.39 is 40.9 Å². The fraction of sp³-hybridized carbons (Fsp3) is 0.864. The van der Waals surface area contributed by atoms with Crippen molar-refractivity contribution in [2.45, 2.75) is 163 Å². The lowest BCUT2D eigenvalue weighted by molar-refractivity contribution is -0.147. The molecule has 302 valence electrons. The zero-order valence-electron chi connectivity index (χ0n) is 34.5. The summed E-state index contributed by atoms with van der Waals surface area (Å²) in [6.07, 6.45) is 12.6. The lowest BCUT2D eigenvalue weighted by Crippen LogP contribution is -2.59. The molecule has 0 aromatic heterocycles. The molecule has 3 amide bonds. The van der Waals surface area contributed by atoms with E-state index in [4.69, 9.17) is 5.73 Å². The van der Waals surface area contributed by atoms with Gasteiger partial charge >= 0.3 is 0 Å². The second-order valence-electron chi connectivity index (χ2n) is 20.9. The third-order valence-corrected chi connectivity index (χ3v) is 16.0. The molecule has 0 bridgehead atoms. The largest absolute Gasteiger partial charge is 0.363 e. The number of fused-ring (bicyclic) bond motifs is 1. The van der Waals surface area contributed by atoms with Gasteiger partial charge in [0.1, 0.15) is 5.78 Å². The number of nitrogens with one attached hydrogen (secondary N) is 1. The Bertz CT molecular complexity index is 1500. The van der Waals surface area contributed by atoms with E-state index in [-0.39, 0.29) is 70.3 Å². The number of hydrogen-bond acceptors (Lipinski definition) is 7. The summed E-state index contributed by atoms with van der Waals surface area (Å²) in [7, 11) is 0. The number of nitrogens with zero attached hydrogens (tertiary/aromatic N) is 2. The van der Waals surface area contributed by atoms with Gasteiger partial charge in [-0.3, -0.25) is 28.8 Å². The van der Waals surface area contributed by atoms with Gasteiger partial charge in [0.2, 0.25) is 17.6 Å². The van der Waals surface area contributed by atoms with Gasteiger partial charge in [-0.1, -0.05) is 79.6 Å². The smallest absolute Gasteiger partial charge is 0.285 e. The minimum Gasteiger partial charge on any atom is -0.363 e. The number of Topliss-reactive ketones (excluding diaryl/α,β-unsaturated/α-hetero) is 3. The zero-order valence-corrected chi connectivity index (χ0v) is 34.5. The molecule has 2 heterocycles. The maximum Gasteiger partial charge on any atom is 0.285 e. The molecule has 3 N–H and O–H groups in total. The number of piperazine rings is 1. The van der Waals surface area contributed by atoms with Crippen LogP contribution in [0.15, 0.2) is 0 Å². The van der Waals surface area contributed by atoms with Crippen LogP contribution in [0.4, 0.5) is 0 Å². The highest BCUT2D eigenvalue weighted by molar-refractivity contribution is 6.36. The molecule has 4 saturated carbocycles. The summed E-state index contributed by atoms with van der Waals surface area (Å²) in [4.78, 5) is 87.1. The summed E-state index contributed by atoms with van der Waals surface area (Å²) in [6, 6.07) is -0.714. The van der Waals surface area contributed by atoms with Gasteiger partial charge in [0.25, 0.3) is 5.91 Å². The zero-order chi connectivity index (χ0) is 39.4. The topological polar surface area (TPSA) is 147 Å². The Kier molecular flexibility index (Phi) is 11.4. The highest BCUT2D eigenvalue weighted by atomic mass is 16.2. The number of amides is 3. The molecule has 2 aliphatic heterocycles. The molecule has 10 nitrogen and oxygen atoms in total. The van der Waals surface area contributed by atoms with Crippen LogP contribution >= 0.6 is 0 Å². The van der Waals surface area contributed by atoms with Crippen LogP contribution in [-0.4, -0.2) is 82.6 Å². The Morgan fingerprint density at radius 1 is 0.796 bits per heavy atom. The summed E-state index contributed by atoms with van der Waals surface area (Å²) in [5, 5.41) is 3.49. The molecule has 10 heteroatoms. The van der Waals surface area contributed by atoms with E-state index >= 15 is 4.79 Å². The van der Waals surface area contributed by atoms with Crippen LogP contribution in [0.1, 0.15) is 151 Å². The van der Waals surface area contributed by atoms with E-state index in [1.165, 1.54) is 0 Å². The van der Waals surface area contributed by atoms with E-state index in [2.05, 4.69) is 33.0 Å². The number of nitrogens with two attached hydrogens (primary N) is 1. The third kappa shape index (κ3) is 7.47.